The van der Waals surface area contributed by atoms with Gasteiger partial charge in [0, 0.05) is 25.4 Å². The number of aliphatic carboxylic acids is 1. The Morgan fingerprint density at radius 1 is 1.44 bits per heavy atom. The summed E-state index contributed by atoms with van der Waals surface area (Å²) in [7, 11) is 0. The fourth-order valence-corrected chi connectivity index (χ4v) is 1.52. The molecule has 0 saturated carbocycles. The molecule has 0 aliphatic heterocycles. The summed E-state index contributed by atoms with van der Waals surface area (Å²) in [4.78, 5) is 26.1. The Morgan fingerprint density at radius 2 is 2.17 bits per heavy atom. The van der Waals surface area contributed by atoms with E-state index in [0.717, 1.165) is 5.56 Å². The highest BCUT2D eigenvalue weighted by Crippen LogP contribution is 2.05. The number of amides is 1. The maximum absolute atomic E-state index is 11.8. The monoisotopic (exact) mass is 250 g/mol. The van der Waals surface area contributed by atoms with Gasteiger partial charge in [-0.1, -0.05) is 6.92 Å². The first kappa shape index (κ1) is 14.2. The van der Waals surface area contributed by atoms with Crippen LogP contribution in [0.2, 0.25) is 0 Å². The minimum Gasteiger partial charge on any atom is -0.481 e. The highest BCUT2D eigenvalue weighted by molar-refractivity contribution is 5.93. The van der Waals surface area contributed by atoms with Crippen molar-refractivity contribution in [3.05, 3.63) is 29.6 Å². The zero-order chi connectivity index (χ0) is 13.5. The third-order valence-electron chi connectivity index (χ3n) is 2.60. The predicted molar refractivity (Wildman–Crippen MR) is 67.3 cm³/mol. The van der Waals surface area contributed by atoms with Crippen LogP contribution in [0.1, 0.15) is 35.7 Å². The zero-order valence-corrected chi connectivity index (χ0v) is 10.6. The molecule has 1 aromatic heterocycles. The lowest BCUT2D eigenvalue weighted by molar-refractivity contribution is -0.137. The molecule has 0 aromatic carbocycles. The summed E-state index contributed by atoms with van der Waals surface area (Å²) in [6.45, 7) is 4.26. The van der Waals surface area contributed by atoms with Gasteiger partial charge in [0.1, 0.15) is 0 Å². The van der Waals surface area contributed by atoms with Gasteiger partial charge in [-0.15, -0.1) is 0 Å². The highest BCUT2D eigenvalue weighted by atomic mass is 16.4. The van der Waals surface area contributed by atoms with Crippen LogP contribution in [0, 0.1) is 12.8 Å². The van der Waals surface area contributed by atoms with Crippen molar-refractivity contribution in [3.63, 3.8) is 0 Å². The molecule has 2 N–H and O–H groups in total. The molecule has 0 aliphatic carbocycles. The number of carbonyl (C=O) groups is 2. The van der Waals surface area contributed by atoms with Gasteiger partial charge in [0.2, 0.25) is 0 Å². The van der Waals surface area contributed by atoms with Crippen molar-refractivity contribution in [2.45, 2.75) is 26.7 Å². The Balaban J connectivity index is 2.39. The van der Waals surface area contributed by atoms with Crippen LogP contribution in [-0.2, 0) is 4.79 Å². The molecule has 1 amide bonds. The van der Waals surface area contributed by atoms with Crippen molar-refractivity contribution in [2.75, 3.05) is 6.54 Å². The van der Waals surface area contributed by atoms with E-state index >= 15 is 0 Å². The van der Waals surface area contributed by atoms with E-state index < -0.39 is 5.97 Å². The van der Waals surface area contributed by atoms with E-state index in [1.54, 1.807) is 12.3 Å². The van der Waals surface area contributed by atoms with E-state index in [2.05, 4.69) is 10.3 Å². The second-order valence-electron chi connectivity index (χ2n) is 4.50. The first-order valence-corrected chi connectivity index (χ1v) is 5.90. The van der Waals surface area contributed by atoms with Crippen molar-refractivity contribution in [1.29, 1.82) is 0 Å². The topological polar surface area (TPSA) is 79.3 Å². The molecular formula is C13H18N2O3. The SMILES string of the molecule is Cc1cncc(C(=O)NCC(C)CCC(=O)O)c1. The van der Waals surface area contributed by atoms with Gasteiger partial charge >= 0.3 is 5.97 Å². The van der Waals surface area contributed by atoms with Gasteiger partial charge in [0.05, 0.1) is 5.56 Å². The molecule has 1 heterocycles. The van der Waals surface area contributed by atoms with Gasteiger partial charge in [-0.05, 0) is 30.9 Å². The van der Waals surface area contributed by atoms with Crippen LogP contribution in [0.5, 0.6) is 0 Å². The van der Waals surface area contributed by atoms with Crippen LogP contribution in [0.4, 0.5) is 0 Å². The van der Waals surface area contributed by atoms with E-state index in [-0.39, 0.29) is 18.2 Å². The fraction of sp³-hybridized carbons (Fsp3) is 0.462. The largest absolute Gasteiger partial charge is 0.481 e. The summed E-state index contributed by atoms with van der Waals surface area (Å²) < 4.78 is 0. The molecule has 0 saturated heterocycles. The van der Waals surface area contributed by atoms with E-state index in [0.29, 0.717) is 18.5 Å². The fourth-order valence-electron chi connectivity index (χ4n) is 1.52. The first-order valence-electron chi connectivity index (χ1n) is 5.90. The minimum atomic E-state index is -0.809. The number of carboxylic acids is 1. The second kappa shape index (κ2) is 6.74. The van der Waals surface area contributed by atoms with E-state index in [4.69, 9.17) is 5.11 Å². The normalized spacial score (nSPS) is 11.9. The Morgan fingerprint density at radius 3 is 2.78 bits per heavy atom. The molecule has 1 rings (SSSR count). The van der Waals surface area contributed by atoms with Crippen molar-refractivity contribution in [3.8, 4) is 0 Å². The number of nitrogens with one attached hydrogen (secondary N) is 1. The Kier molecular flexibility index (Phi) is 5.30. The third-order valence-corrected chi connectivity index (χ3v) is 2.60. The number of hydrogen-bond acceptors (Lipinski definition) is 3. The van der Waals surface area contributed by atoms with Crippen LogP contribution < -0.4 is 5.32 Å². The van der Waals surface area contributed by atoms with E-state index in [9.17, 15) is 9.59 Å². The maximum Gasteiger partial charge on any atom is 0.303 e. The number of rotatable bonds is 6. The summed E-state index contributed by atoms with van der Waals surface area (Å²) in [6.07, 6.45) is 3.89. The van der Waals surface area contributed by atoms with Crippen LogP contribution in [0.3, 0.4) is 0 Å². The van der Waals surface area contributed by atoms with Crippen LogP contribution in [0.25, 0.3) is 0 Å². The lowest BCUT2D eigenvalue weighted by Crippen LogP contribution is -2.28. The molecule has 0 radical (unpaired) electrons. The number of pyridine rings is 1. The summed E-state index contributed by atoms with van der Waals surface area (Å²) >= 11 is 0. The molecule has 0 bridgehead atoms. The van der Waals surface area contributed by atoms with Gasteiger partial charge < -0.3 is 10.4 Å². The number of carbonyl (C=O) groups excluding carboxylic acids is 1. The molecule has 98 valence electrons. The van der Waals surface area contributed by atoms with Crippen molar-refractivity contribution < 1.29 is 14.7 Å². The van der Waals surface area contributed by atoms with Crippen LogP contribution in [0.15, 0.2) is 18.5 Å². The summed E-state index contributed by atoms with van der Waals surface area (Å²) in [5.41, 5.74) is 1.46. The molecule has 0 aliphatic rings. The quantitative estimate of drug-likeness (QED) is 0.804. The molecule has 1 aromatic rings. The summed E-state index contributed by atoms with van der Waals surface area (Å²) in [5, 5.41) is 11.3. The number of carboxylic acid groups (broad SMARTS) is 1. The Hall–Kier alpha value is -1.91. The minimum absolute atomic E-state index is 0.128. The maximum atomic E-state index is 11.8. The first-order chi connectivity index (χ1) is 8.49. The molecule has 0 fully saturated rings. The third kappa shape index (κ3) is 4.95. The number of hydrogen-bond donors (Lipinski definition) is 2. The average Bonchev–Trinajstić information content (AvgIpc) is 2.33. The van der Waals surface area contributed by atoms with Crippen molar-refractivity contribution >= 4 is 11.9 Å². The number of aryl methyl sites for hydroxylation is 1. The highest BCUT2D eigenvalue weighted by Gasteiger charge is 2.09. The smallest absolute Gasteiger partial charge is 0.303 e. The molecule has 5 heteroatoms. The van der Waals surface area contributed by atoms with Gasteiger partial charge in [-0.2, -0.15) is 0 Å². The van der Waals surface area contributed by atoms with E-state index in [1.165, 1.54) is 6.20 Å². The van der Waals surface area contributed by atoms with Crippen LogP contribution in [-0.4, -0.2) is 28.5 Å². The second-order valence-corrected chi connectivity index (χ2v) is 4.50. The average molecular weight is 250 g/mol. The number of nitrogens with zero attached hydrogens (tertiary/aromatic N) is 1. The van der Waals surface area contributed by atoms with Gasteiger partial charge in [0.15, 0.2) is 0 Å². The number of aromatic nitrogens is 1. The van der Waals surface area contributed by atoms with Crippen LogP contribution >= 0.6 is 0 Å². The molecule has 0 spiro atoms. The molecule has 1 unspecified atom stereocenters. The Bertz CT molecular complexity index is 432. The standard InChI is InChI=1S/C13H18N2O3/c1-9(3-4-12(16)17)7-15-13(18)11-5-10(2)6-14-8-11/h5-6,8-9H,3-4,7H2,1-2H3,(H,15,18)(H,16,17). The van der Waals surface area contributed by atoms with Crippen molar-refractivity contribution in [1.82, 2.24) is 10.3 Å². The van der Waals surface area contributed by atoms with Gasteiger partial charge in [-0.3, -0.25) is 14.6 Å². The van der Waals surface area contributed by atoms with Crippen molar-refractivity contribution in [2.24, 2.45) is 5.92 Å². The molecule has 1 atom stereocenters. The van der Waals surface area contributed by atoms with Gasteiger partial charge in [-0.25, -0.2) is 0 Å². The van der Waals surface area contributed by atoms with Gasteiger partial charge in [0.25, 0.3) is 5.91 Å². The zero-order valence-electron chi connectivity index (χ0n) is 10.6. The van der Waals surface area contributed by atoms with E-state index in [1.807, 2.05) is 13.8 Å². The summed E-state index contributed by atoms with van der Waals surface area (Å²) in [6, 6.07) is 1.77. The summed E-state index contributed by atoms with van der Waals surface area (Å²) in [5.74, 6) is -0.841. The lowest BCUT2D eigenvalue weighted by Gasteiger charge is -2.11. The molecule has 5 nitrogen and oxygen atoms in total. The molecule has 18 heavy (non-hydrogen) atoms. The predicted octanol–water partition coefficient (Wildman–Crippen LogP) is 1.62. The Labute approximate surface area is 106 Å². The molecular weight excluding hydrogens is 232 g/mol. The lowest BCUT2D eigenvalue weighted by atomic mass is 10.1.